The van der Waals surface area contributed by atoms with E-state index in [4.69, 9.17) is 4.74 Å². The zero-order valence-corrected chi connectivity index (χ0v) is 14.9. The van der Waals surface area contributed by atoms with Crippen LogP contribution in [-0.4, -0.2) is 30.7 Å². The minimum atomic E-state index is -0.608. The van der Waals surface area contributed by atoms with Crippen LogP contribution in [0.1, 0.15) is 52.9 Å². The largest absolute Gasteiger partial charge is 0.460 e. The van der Waals surface area contributed by atoms with Gasteiger partial charge in [0.2, 0.25) is 5.91 Å². The summed E-state index contributed by atoms with van der Waals surface area (Å²) in [5.74, 6) is -0.00390. The van der Waals surface area contributed by atoms with Crippen LogP contribution < -0.4 is 16.0 Å². The Kier molecular flexibility index (Phi) is 4.60. The maximum atomic E-state index is 13.1. The fourth-order valence-electron chi connectivity index (χ4n) is 4.35. The van der Waals surface area contributed by atoms with E-state index in [2.05, 4.69) is 16.0 Å². The number of carbonyl (C=O) groups excluding carboxylic acids is 2. The number of hydrogen-bond acceptors (Lipinski definition) is 5. The fraction of sp³-hybridized carbons (Fsp3) is 0.778. The van der Waals surface area contributed by atoms with Crippen molar-refractivity contribution in [3.05, 3.63) is 11.9 Å². The first kappa shape index (κ1) is 17.3. The quantitative estimate of drug-likeness (QED) is 0.683. The van der Waals surface area contributed by atoms with Gasteiger partial charge in [-0.2, -0.15) is 0 Å². The number of esters is 1. The van der Waals surface area contributed by atoms with Crippen molar-refractivity contribution in [2.75, 3.05) is 13.2 Å². The molecule has 3 unspecified atom stereocenters. The van der Waals surface area contributed by atoms with Crippen LogP contribution in [0.3, 0.4) is 0 Å². The summed E-state index contributed by atoms with van der Waals surface area (Å²) in [4.78, 5) is 25.9. The topological polar surface area (TPSA) is 79.5 Å². The van der Waals surface area contributed by atoms with Crippen LogP contribution in [0, 0.1) is 17.3 Å². The first-order valence-electron chi connectivity index (χ1n) is 8.98. The SMILES string of the molecule is CC(C)(C)OC(=O)C1CCC2CCC1(C(=O)NC1=CNCNC1)C2. The Bertz CT molecular complexity index is 552. The van der Waals surface area contributed by atoms with Crippen LogP contribution >= 0.6 is 0 Å². The highest BCUT2D eigenvalue weighted by molar-refractivity contribution is 5.90. The predicted octanol–water partition coefficient (Wildman–Crippen LogP) is 1.63. The van der Waals surface area contributed by atoms with E-state index in [-0.39, 0.29) is 17.8 Å². The van der Waals surface area contributed by atoms with Gasteiger partial charge in [-0.15, -0.1) is 0 Å². The van der Waals surface area contributed by atoms with Crippen molar-refractivity contribution in [1.82, 2.24) is 16.0 Å². The average molecular weight is 335 g/mol. The second-order valence-electron chi connectivity index (χ2n) is 8.36. The van der Waals surface area contributed by atoms with Gasteiger partial charge in [-0.25, -0.2) is 0 Å². The molecule has 1 amide bonds. The molecule has 6 nitrogen and oxygen atoms in total. The van der Waals surface area contributed by atoms with Crippen molar-refractivity contribution in [2.24, 2.45) is 17.3 Å². The third-order valence-electron chi connectivity index (χ3n) is 5.42. The van der Waals surface area contributed by atoms with Crippen LogP contribution in [0.15, 0.2) is 11.9 Å². The maximum absolute atomic E-state index is 13.1. The van der Waals surface area contributed by atoms with Gasteiger partial charge >= 0.3 is 5.97 Å². The Morgan fingerprint density at radius 2 is 2.08 bits per heavy atom. The lowest BCUT2D eigenvalue weighted by molar-refractivity contribution is -0.170. The van der Waals surface area contributed by atoms with Crippen LogP contribution in [0.4, 0.5) is 0 Å². The molecule has 2 saturated carbocycles. The van der Waals surface area contributed by atoms with Crippen LogP contribution in [0.2, 0.25) is 0 Å². The van der Waals surface area contributed by atoms with Crippen LogP contribution in [-0.2, 0) is 14.3 Å². The first-order valence-corrected chi connectivity index (χ1v) is 8.98. The van der Waals surface area contributed by atoms with Crippen LogP contribution in [0.25, 0.3) is 0 Å². The van der Waals surface area contributed by atoms with E-state index in [0.717, 1.165) is 37.8 Å². The van der Waals surface area contributed by atoms with Gasteiger partial charge in [0, 0.05) is 18.4 Å². The van der Waals surface area contributed by atoms with Crippen LogP contribution in [0.5, 0.6) is 0 Å². The number of carbonyl (C=O) groups is 2. The lowest BCUT2D eigenvalue weighted by Gasteiger charge is -2.39. The molecule has 3 N–H and O–H groups in total. The molecule has 1 heterocycles. The van der Waals surface area contributed by atoms with Gasteiger partial charge in [0.25, 0.3) is 0 Å². The van der Waals surface area contributed by atoms with Gasteiger partial charge in [-0.3, -0.25) is 14.9 Å². The summed E-state index contributed by atoms with van der Waals surface area (Å²) < 4.78 is 5.63. The molecule has 1 aliphatic heterocycles. The Morgan fingerprint density at radius 1 is 1.29 bits per heavy atom. The van der Waals surface area contributed by atoms with Crippen molar-refractivity contribution < 1.29 is 14.3 Å². The van der Waals surface area contributed by atoms with Crippen molar-refractivity contribution in [1.29, 1.82) is 0 Å². The molecule has 0 radical (unpaired) electrons. The molecule has 2 bridgehead atoms. The number of nitrogens with one attached hydrogen (secondary N) is 3. The molecule has 0 aromatic carbocycles. The van der Waals surface area contributed by atoms with Gasteiger partial charge in [-0.1, -0.05) is 0 Å². The van der Waals surface area contributed by atoms with Crippen molar-refractivity contribution in [3.8, 4) is 0 Å². The lowest BCUT2D eigenvalue weighted by Crippen LogP contribution is -2.51. The normalized spacial score (nSPS) is 32.5. The molecule has 134 valence electrons. The summed E-state index contributed by atoms with van der Waals surface area (Å²) in [5, 5.41) is 9.28. The zero-order valence-electron chi connectivity index (χ0n) is 14.9. The zero-order chi connectivity index (χ0) is 17.4. The molecule has 24 heavy (non-hydrogen) atoms. The van der Waals surface area contributed by atoms with E-state index >= 15 is 0 Å². The van der Waals surface area contributed by atoms with Gasteiger partial charge in [0.1, 0.15) is 5.60 Å². The minimum Gasteiger partial charge on any atom is -0.460 e. The second-order valence-corrected chi connectivity index (χ2v) is 8.36. The fourth-order valence-corrected chi connectivity index (χ4v) is 4.35. The molecule has 0 spiro atoms. The van der Waals surface area contributed by atoms with Crippen molar-refractivity contribution in [2.45, 2.75) is 58.5 Å². The molecule has 3 atom stereocenters. The van der Waals surface area contributed by atoms with E-state index in [1.54, 1.807) is 0 Å². The number of rotatable bonds is 3. The highest BCUT2D eigenvalue weighted by Crippen LogP contribution is 2.55. The first-order chi connectivity index (χ1) is 11.3. The van der Waals surface area contributed by atoms with Gasteiger partial charge in [0.15, 0.2) is 0 Å². The van der Waals surface area contributed by atoms with Gasteiger partial charge < -0.3 is 15.4 Å². The third-order valence-corrected chi connectivity index (χ3v) is 5.42. The van der Waals surface area contributed by atoms with Gasteiger partial charge in [-0.05, 0) is 58.8 Å². The standard InChI is InChI=1S/C18H29N3O3/c1-17(2,3)24-15(22)14-5-4-12-6-7-18(14,8-12)16(23)21-13-9-19-11-20-10-13/h9,12,14,19-20H,4-8,10-11H2,1-3H3,(H,21,23). The van der Waals surface area contributed by atoms with Crippen molar-refractivity contribution >= 4 is 11.9 Å². The highest BCUT2D eigenvalue weighted by atomic mass is 16.6. The summed E-state index contributed by atoms with van der Waals surface area (Å²) in [6, 6.07) is 0. The maximum Gasteiger partial charge on any atom is 0.310 e. The van der Waals surface area contributed by atoms with E-state index in [9.17, 15) is 9.59 Å². The van der Waals surface area contributed by atoms with Gasteiger partial charge in [0.05, 0.1) is 18.0 Å². The van der Waals surface area contributed by atoms with E-state index in [0.29, 0.717) is 19.1 Å². The molecule has 3 aliphatic rings. The van der Waals surface area contributed by atoms with E-state index in [1.807, 2.05) is 27.0 Å². The van der Waals surface area contributed by atoms with E-state index < -0.39 is 11.0 Å². The summed E-state index contributed by atoms with van der Waals surface area (Å²) in [6.45, 7) is 6.97. The average Bonchev–Trinajstić information content (AvgIpc) is 2.85. The smallest absolute Gasteiger partial charge is 0.310 e. The molecule has 3 rings (SSSR count). The summed E-state index contributed by atoms with van der Waals surface area (Å²) >= 11 is 0. The third kappa shape index (κ3) is 3.43. The molecule has 0 saturated heterocycles. The summed E-state index contributed by atoms with van der Waals surface area (Å²) in [7, 11) is 0. The lowest BCUT2D eigenvalue weighted by atomic mass is 9.66. The molecule has 2 fully saturated rings. The Balaban J connectivity index is 1.79. The summed E-state index contributed by atoms with van der Waals surface area (Å²) in [6.07, 6.45) is 6.22. The molecule has 6 heteroatoms. The molecular formula is C18H29N3O3. The second kappa shape index (κ2) is 6.39. The highest BCUT2D eigenvalue weighted by Gasteiger charge is 2.56. The number of amides is 1. The summed E-state index contributed by atoms with van der Waals surface area (Å²) in [5.41, 5.74) is -0.300. The number of hydrogen-bond donors (Lipinski definition) is 3. The Hall–Kier alpha value is -1.56. The number of ether oxygens (including phenoxy) is 1. The van der Waals surface area contributed by atoms with E-state index in [1.165, 1.54) is 0 Å². The Morgan fingerprint density at radius 3 is 2.75 bits per heavy atom. The minimum absolute atomic E-state index is 0.0164. The predicted molar refractivity (Wildman–Crippen MR) is 90.6 cm³/mol. The molecule has 2 aliphatic carbocycles. The molecule has 0 aromatic rings. The molecular weight excluding hydrogens is 306 g/mol. The molecule has 0 aromatic heterocycles. The monoisotopic (exact) mass is 335 g/mol. The van der Waals surface area contributed by atoms with Crippen molar-refractivity contribution in [3.63, 3.8) is 0 Å². The number of fused-ring (bicyclic) bond motifs is 2. The Labute approximate surface area is 143 Å².